The van der Waals surface area contributed by atoms with Crippen molar-refractivity contribution in [2.24, 2.45) is 11.8 Å². The minimum absolute atomic E-state index is 0.00751. The van der Waals surface area contributed by atoms with E-state index < -0.39 is 35.6 Å². The van der Waals surface area contributed by atoms with Gasteiger partial charge < -0.3 is 24.4 Å². The molecule has 1 unspecified atom stereocenters. The third-order valence-electron chi connectivity index (χ3n) is 7.71. The van der Waals surface area contributed by atoms with Gasteiger partial charge in [0.05, 0.1) is 18.6 Å². The molecule has 0 aromatic heterocycles. The van der Waals surface area contributed by atoms with Crippen LogP contribution in [-0.2, 0) is 30.4 Å². The fourth-order valence-corrected chi connectivity index (χ4v) is 6.04. The summed E-state index contributed by atoms with van der Waals surface area (Å²) in [6.45, 7) is 1.43. The van der Waals surface area contributed by atoms with E-state index in [1.54, 1.807) is 9.80 Å². The van der Waals surface area contributed by atoms with Gasteiger partial charge in [-0.3, -0.25) is 14.4 Å². The molecule has 1 N–H and O–H groups in total. The van der Waals surface area contributed by atoms with E-state index >= 15 is 0 Å². The summed E-state index contributed by atoms with van der Waals surface area (Å²) >= 11 is 0. The molecule has 2 fully saturated rings. The maximum absolute atomic E-state index is 14.1. The van der Waals surface area contributed by atoms with Crippen LogP contribution in [-0.4, -0.2) is 76.7 Å². The molecule has 192 valence electrons. The highest BCUT2D eigenvalue weighted by Gasteiger charge is 2.71. The first-order valence-electron chi connectivity index (χ1n) is 13.0. The number of ether oxygens (including phenoxy) is 2. The smallest absolute Gasteiger partial charge is 0.312 e. The summed E-state index contributed by atoms with van der Waals surface area (Å²) in [6, 6.07) is 8.87. The first kappa shape index (κ1) is 24.7. The van der Waals surface area contributed by atoms with Gasteiger partial charge in [-0.05, 0) is 37.7 Å². The van der Waals surface area contributed by atoms with Crippen LogP contribution in [0, 0.1) is 11.8 Å². The lowest BCUT2D eigenvalue weighted by Crippen LogP contribution is -2.55. The molecule has 1 aromatic carbocycles. The zero-order valence-electron chi connectivity index (χ0n) is 20.5. The molecule has 1 aromatic rings. The molecule has 2 saturated heterocycles. The summed E-state index contributed by atoms with van der Waals surface area (Å²) < 4.78 is 12.2. The predicted molar refractivity (Wildman–Crippen MR) is 131 cm³/mol. The largest absolute Gasteiger partial charge is 0.465 e. The van der Waals surface area contributed by atoms with E-state index in [9.17, 15) is 19.5 Å². The molecule has 0 radical (unpaired) electrons. The van der Waals surface area contributed by atoms with E-state index in [0.29, 0.717) is 39.1 Å². The molecule has 0 aliphatic carbocycles. The Kier molecular flexibility index (Phi) is 7.25. The second-order valence-corrected chi connectivity index (χ2v) is 10.0. The number of amides is 2. The molecule has 4 heterocycles. The van der Waals surface area contributed by atoms with Gasteiger partial charge in [0.1, 0.15) is 17.6 Å². The summed E-state index contributed by atoms with van der Waals surface area (Å²) in [5.74, 6) is -2.54. The van der Waals surface area contributed by atoms with Crippen molar-refractivity contribution in [1.29, 1.82) is 0 Å². The Labute approximate surface area is 211 Å². The number of aliphatic hydroxyl groups is 1. The molecule has 36 heavy (non-hydrogen) atoms. The fourth-order valence-electron chi connectivity index (χ4n) is 6.04. The summed E-state index contributed by atoms with van der Waals surface area (Å²) in [4.78, 5) is 44.7. The third kappa shape index (κ3) is 4.37. The fraction of sp³-hybridized carbons (Fsp3) is 0.536. The van der Waals surface area contributed by atoms with E-state index in [4.69, 9.17) is 9.47 Å². The van der Waals surface area contributed by atoms with E-state index in [0.717, 1.165) is 24.8 Å². The Morgan fingerprint density at radius 3 is 2.67 bits per heavy atom. The third-order valence-corrected chi connectivity index (χ3v) is 7.71. The van der Waals surface area contributed by atoms with Crippen molar-refractivity contribution < 1.29 is 29.0 Å². The minimum atomic E-state index is -1.24. The number of cyclic esters (lactones) is 1. The van der Waals surface area contributed by atoms with E-state index in [-0.39, 0.29) is 18.4 Å². The molecule has 4 aliphatic rings. The van der Waals surface area contributed by atoms with Crippen LogP contribution in [0.3, 0.4) is 0 Å². The van der Waals surface area contributed by atoms with Gasteiger partial charge in [-0.25, -0.2) is 0 Å². The Balaban J connectivity index is 1.53. The Morgan fingerprint density at radius 2 is 1.86 bits per heavy atom. The van der Waals surface area contributed by atoms with Gasteiger partial charge in [-0.15, -0.1) is 0 Å². The Hall–Kier alpha value is -2.97. The van der Waals surface area contributed by atoms with Gasteiger partial charge in [-0.1, -0.05) is 54.6 Å². The number of likely N-dealkylation sites (tertiary alicyclic amines) is 1. The first-order valence-corrected chi connectivity index (χ1v) is 13.0. The number of fused-ring (bicyclic) bond motifs is 2. The number of unbranched alkanes of at least 4 members (excludes halogenated alkanes) is 1. The molecule has 8 heteroatoms. The number of carbonyl (C=O) groups is 3. The van der Waals surface area contributed by atoms with Crippen molar-refractivity contribution >= 4 is 17.8 Å². The van der Waals surface area contributed by atoms with Crippen molar-refractivity contribution in [3.63, 3.8) is 0 Å². The highest BCUT2D eigenvalue weighted by molar-refractivity contribution is 5.99. The lowest BCUT2D eigenvalue weighted by molar-refractivity contribution is -0.155. The highest BCUT2D eigenvalue weighted by Crippen LogP contribution is 2.53. The number of esters is 1. The van der Waals surface area contributed by atoms with Crippen LogP contribution in [0.2, 0.25) is 0 Å². The predicted octanol–water partition coefficient (Wildman–Crippen LogP) is 2.22. The van der Waals surface area contributed by atoms with Crippen LogP contribution < -0.4 is 0 Å². The molecule has 5 rings (SSSR count). The van der Waals surface area contributed by atoms with Crippen molar-refractivity contribution in [3.05, 3.63) is 60.2 Å². The number of benzene rings is 1. The highest BCUT2D eigenvalue weighted by atomic mass is 16.6. The number of nitrogens with zero attached hydrogens (tertiary/aromatic N) is 2. The zero-order valence-corrected chi connectivity index (χ0v) is 20.5. The van der Waals surface area contributed by atoms with Gasteiger partial charge in [0, 0.05) is 26.2 Å². The number of aliphatic hydroxyl groups excluding tert-OH is 1. The van der Waals surface area contributed by atoms with Crippen molar-refractivity contribution in [1.82, 2.24) is 9.80 Å². The standard InChI is InChI=1S/C28H34N2O6/c31-17-8-7-16-30-24-26(33)29(19-20-11-4-3-5-12-20)15-10-14-28(24)23(25(30)32)22-21(36-28)13-6-1-2-9-18-35-27(22)34/h3-6,10-14,21-24,31H,1-2,7-9,15-19H2/b13-6-/t21-,22+,23-,24?,28-/m0/s1. The second kappa shape index (κ2) is 10.6. The van der Waals surface area contributed by atoms with Crippen LogP contribution >= 0.6 is 0 Å². The van der Waals surface area contributed by atoms with Gasteiger partial charge >= 0.3 is 5.97 Å². The molecule has 5 atom stereocenters. The average Bonchev–Trinajstić information content (AvgIpc) is 3.27. The SMILES string of the molecule is O=C1OCCCC/C=C\[C@@H]2O[C@]34C=CCN(Cc5ccccc5)C(=O)C3N(CCCCO)C(=O)[C@@H]4[C@H]12. The number of hydrogen-bond acceptors (Lipinski definition) is 6. The van der Waals surface area contributed by atoms with Crippen molar-refractivity contribution in [3.8, 4) is 0 Å². The summed E-state index contributed by atoms with van der Waals surface area (Å²) in [5.41, 5.74) is -0.248. The molecular weight excluding hydrogens is 460 g/mol. The second-order valence-electron chi connectivity index (χ2n) is 10.0. The molecule has 0 bridgehead atoms. The lowest BCUT2D eigenvalue weighted by atomic mass is 9.78. The van der Waals surface area contributed by atoms with E-state index in [2.05, 4.69) is 0 Å². The first-order chi connectivity index (χ1) is 17.6. The van der Waals surface area contributed by atoms with Crippen LogP contribution in [0.15, 0.2) is 54.6 Å². The molecule has 8 nitrogen and oxygen atoms in total. The van der Waals surface area contributed by atoms with Gasteiger partial charge in [0.2, 0.25) is 11.8 Å². The molecular formula is C28H34N2O6. The molecule has 2 amide bonds. The van der Waals surface area contributed by atoms with Gasteiger partial charge in [0.15, 0.2) is 0 Å². The minimum Gasteiger partial charge on any atom is -0.465 e. The number of hydrogen-bond donors (Lipinski definition) is 1. The maximum atomic E-state index is 14.1. The van der Waals surface area contributed by atoms with Gasteiger partial charge in [0.25, 0.3) is 0 Å². The Morgan fingerprint density at radius 1 is 1.03 bits per heavy atom. The van der Waals surface area contributed by atoms with E-state index in [1.165, 1.54) is 0 Å². The van der Waals surface area contributed by atoms with E-state index in [1.807, 2.05) is 54.6 Å². The summed E-state index contributed by atoms with van der Waals surface area (Å²) in [5, 5.41) is 9.31. The number of allylic oxidation sites excluding steroid dienone is 1. The average molecular weight is 495 g/mol. The molecule has 0 saturated carbocycles. The van der Waals surface area contributed by atoms with Crippen LogP contribution in [0.4, 0.5) is 0 Å². The monoisotopic (exact) mass is 494 g/mol. The number of rotatable bonds is 6. The summed E-state index contributed by atoms with van der Waals surface area (Å²) in [6.07, 6.45) is 10.6. The van der Waals surface area contributed by atoms with Crippen LogP contribution in [0.25, 0.3) is 0 Å². The zero-order chi connectivity index (χ0) is 25.1. The quantitative estimate of drug-likeness (QED) is 0.370. The molecule has 1 spiro atoms. The van der Waals surface area contributed by atoms with Crippen LogP contribution in [0.1, 0.15) is 37.7 Å². The Bertz CT molecular complexity index is 1040. The summed E-state index contributed by atoms with van der Waals surface area (Å²) in [7, 11) is 0. The topological polar surface area (TPSA) is 96.4 Å². The van der Waals surface area contributed by atoms with Gasteiger partial charge in [-0.2, -0.15) is 0 Å². The number of carbonyl (C=O) groups excluding carboxylic acids is 3. The maximum Gasteiger partial charge on any atom is 0.312 e. The van der Waals surface area contributed by atoms with Crippen molar-refractivity contribution in [2.45, 2.75) is 56.4 Å². The van der Waals surface area contributed by atoms with Crippen LogP contribution in [0.5, 0.6) is 0 Å². The normalized spacial score (nSPS) is 33.0. The molecule has 4 aliphatic heterocycles. The van der Waals surface area contributed by atoms with Crippen molar-refractivity contribution in [2.75, 3.05) is 26.3 Å². The lowest BCUT2D eigenvalue weighted by Gasteiger charge is -2.35.